The Kier molecular flexibility index (Phi) is 5.00. The number of aromatic hydroxyl groups is 1. The van der Waals surface area contributed by atoms with Gasteiger partial charge in [-0.3, -0.25) is 4.79 Å². The van der Waals surface area contributed by atoms with Crippen LogP contribution in [0.25, 0.3) is 11.1 Å². The quantitative estimate of drug-likeness (QED) is 0.625. The Morgan fingerprint density at radius 1 is 0.920 bits per heavy atom. The minimum atomic E-state index is -0.107. The van der Waals surface area contributed by atoms with E-state index >= 15 is 0 Å². The zero-order valence-corrected chi connectivity index (χ0v) is 13.8. The minimum Gasteiger partial charge on any atom is -0.508 e. The highest BCUT2D eigenvalue weighted by molar-refractivity contribution is 5.95. The second-order valence-corrected chi connectivity index (χ2v) is 5.88. The fraction of sp³-hybridized carbons (Fsp3) is 0.0952. The molecule has 0 fully saturated rings. The molecule has 0 aliphatic rings. The lowest BCUT2D eigenvalue weighted by atomic mass is 10.0. The van der Waals surface area contributed by atoms with Crippen molar-refractivity contribution in [2.75, 3.05) is 12.3 Å². The number of carbonyl (C=O) groups is 1. The van der Waals surface area contributed by atoms with Gasteiger partial charge in [0.05, 0.1) is 0 Å². The molecule has 0 aromatic heterocycles. The zero-order valence-electron chi connectivity index (χ0n) is 13.8. The molecule has 0 aliphatic heterocycles. The molecule has 0 spiro atoms. The van der Waals surface area contributed by atoms with Crippen LogP contribution < -0.4 is 11.1 Å². The Morgan fingerprint density at radius 2 is 1.60 bits per heavy atom. The van der Waals surface area contributed by atoms with Crippen LogP contribution in [0.4, 0.5) is 5.69 Å². The molecule has 0 unspecified atom stereocenters. The third-order valence-corrected chi connectivity index (χ3v) is 3.98. The van der Waals surface area contributed by atoms with Crippen molar-refractivity contribution in [3.8, 4) is 16.9 Å². The van der Waals surface area contributed by atoms with E-state index in [1.165, 1.54) is 0 Å². The van der Waals surface area contributed by atoms with E-state index in [-0.39, 0.29) is 11.7 Å². The number of rotatable bonds is 5. The van der Waals surface area contributed by atoms with Crippen LogP contribution in [-0.2, 0) is 6.42 Å². The number of anilines is 1. The van der Waals surface area contributed by atoms with E-state index < -0.39 is 0 Å². The van der Waals surface area contributed by atoms with Crippen LogP contribution in [-0.4, -0.2) is 17.6 Å². The average Bonchev–Trinajstić information content (AvgIpc) is 2.63. The molecule has 4 nitrogen and oxygen atoms in total. The van der Waals surface area contributed by atoms with Crippen LogP contribution in [0.15, 0.2) is 72.8 Å². The summed E-state index contributed by atoms with van der Waals surface area (Å²) in [6.07, 6.45) is 0.709. The number of amides is 1. The number of phenolic OH excluding ortho intramolecular Hbond substituents is 1. The number of hydrogen-bond acceptors (Lipinski definition) is 3. The van der Waals surface area contributed by atoms with Gasteiger partial charge in [-0.05, 0) is 59.5 Å². The van der Waals surface area contributed by atoms with Crippen LogP contribution >= 0.6 is 0 Å². The molecule has 1 amide bonds. The summed E-state index contributed by atoms with van der Waals surface area (Å²) in [5.74, 6) is 0.135. The molecule has 0 radical (unpaired) electrons. The molecule has 3 aromatic carbocycles. The predicted molar refractivity (Wildman–Crippen MR) is 100 cm³/mol. The summed E-state index contributed by atoms with van der Waals surface area (Å²) in [7, 11) is 0. The summed E-state index contributed by atoms with van der Waals surface area (Å²) in [5, 5.41) is 12.2. The molecular formula is C21H20N2O2. The molecule has 3 rings (SSSR count). The second kappa shape index (κ2) is 7.53. The van der Waals surface area contributed by atoms with Crippen LogP contribution in [0.2, 0.25) is 0 Å². The van der Waals surface area contributed by atoms with Crippen molar-refractivity contribution in [3.05, 3.63) is 83.9 Å². The predicted octanol–water partition coefficient (Wildman–Crippen LogP) is 3.61. The summed E-state index contributed by atoms with van der Waals surface area (Å²) in [5.41, 5.74) is 10.1. The number of nitrogens with two attached hydrogens (primary N) is 1. The molecule has 0 aliphatic carbocycles. The van der Waals surface area contributed by atoms with Gasteiger partial charge in [-0.1, -0.05) is 36.4 Å². The smallest absolute Gasteiger partial charge is 0.251 e. The molecule has 0 heterocycles. The third kappa shape index (κ3) is 4.38. The van der Waals surface area contributed by atoms with Gasteiger partial charge in [0.15, 0.2) is 0 Å². The van der Waals surface area contributed by atoms with Gasteiger partial charge in [-0.25, -0.2) is 0 Å². The maximum absolute atomic E-state index is 12.4. The number of nitrogen functional groups attached to an aromatic ring is 1. The van der Waals surface area contributed by atoms with Crippen molar-refractivity contribution in [3.63, 3.8) is 0 Å². The molecule has 25 heavy (non-hydrogen) atoms. The zero-order chi connectivity index (χ0) is 17.6. The molecule has 0 saturated carbocycles. The van der Waals surface area contributed by atoms with E-state index in [1.807, 2.05) is 54.6 Å². The van der Waals surface area contributed by atoms with E-state index in [2.05, 4.69) is 5.32 Å². The number of hydrogen-bond donors (Lipinski definition) is 3. The lowest BCUT2D eigenvalue weighted by Gasteiger charge is -2.08. The molecule has 4 N–H and O–H groups in total. The van der Waals surface area contributed by atoms with Crippen molar-refractivity contribution in [2.24, 2.45) is 0 Å². The average molecular weight is 332 g/mol. The SMILES string of the molecule is Nc1cccc(-c2cccc(C(=O)NCCc3ccc(O)cc3)c2)c1. The van der Waals surface area contributed by atoms with Gasteiger partial charge in [-0.15, -0.1) is 0 Å². The summed E-state index contributed by atoms with van der Waals surface area (Å²) in [4.78, 5) is 12.4. The monoisotopic (exact) mass is 332 g/mol. The second-order valence-electron chi connectivity index (χ2n) is 5.88. The van der Waals surface area contributed by atoms with Crippen LogP contribution in [0, 0.1) is 0 Å². The van der Waals surface area contributed by atoms with Gasteiger partial charge in [0.25, 0.3) is 5.91 Å². The minimum absolute atomic E-state index is 0.107. The summed E-state index contributed by atoms with van der Waals surface area (Å²) >= 11 is 0. The highest BCUT2D eigenvalue weighted by Crippen LogP contribution is 2.22. The lowest BCUT2D eigenvalue weighted by Crippen LogP contribution is -2.25. The van der Waals surface area contributed by atoms with E-state index in [1.54, 1.807) is 18.2 Å². The third-order valence-electron chi connectivity index (χ3n) is 3.98. The Bertz CT molecular complexity index is 873. The molecule has 0 saturated heterocycles. The van der Waals surface area contributed by atoms with Gasteiger partial charge < -0.3 is 16.2 Å². The maximum Gasteiger partial charge on any atom is 0.251 e. The highest BCUT2D eigenvalue weighted by atomic mass is 16.3. The Balaban J connectivity index is 1.64. The lowest BCUT2D eigenvalue weighted by molar-refractivity contribution is 0.0954. The first-order valence-electron chi connectivity index (χ1n) is 8.14. The van der Waals surface area contributed by atoms with Gasteiger partial charge in [0.1, 0.15) is 5.75 Å². The van der Waals surface area contributed by atoms with E-state index in [9.17, 15) is 9.90 Å². The summed E-state index contributed by atoms with van der Waals surface area (Å²) < 4.78 is 0. The van der Waals surface area contributed by atoms with Crippen LogP contribution in [0.1, 0.15) is 15.9 Å². The maximum atomic E-state index is 12.4. The normalized spacial score (nSPS) is 10.4. The first kappa shape index (κ1) is 16.6. The van der Waals surface area contributed by atoms with Gasteiger partial charge >= 0.3 is 0 Å². The van der Waals surface area contributed by atoms with Gasteiger partial charge in [0, 0.05) is 17.8 Å². The number of carbonyl (C=O) groups excluding carboxylic acids is 1. The van der Waals surface area contributed by atoms with Crippen molar-refractivity contribution in [2.45, 2.75) is 6.42 Å². The molecular weight excluding hydrogens is 312 g/mol. The first-order chi connectivity index (χ1) is 12.1. The van der Waals surface area contributed by atoms with Crippen molar-refractivity contribution >= 4 is 11.6 Å². The van der Waals surface area contributed by atoms with Crippen molar-refractivity contribution in [1.82, 2.24) is 5.32 Å². The number of benzene rings is 3. The summed E-state index contributed by atoms with van der Waals surface area (Å²) in [6, 6.07) is 22.1. The van der Waals surface area contributed by atoms with Crippen LogP contribution in [0.5, 0.6) is 5.75 Å². The number of phenols is 1. The Hall–Kier alpha value is -3.27. The fourth-order valence-corrected chi connectivity index (χ4v) is 2.64. The Labute approximate surface area is 146 Å². The molecule has 126 valence electrons. The largest absolute Gasteiger partial charge is 0.508 e. The fourth-order valence-electron chi connectivity index (χ4n) is 2.64. The van der Waals surface area contributed by atoms with E-state index in [0.29, 0.717) is 24.2 Å². The topological polar surface area (TPSA) is 75.4 Å². The number of nitrogens with one attached hydrogen (secondary N) is 1. The standard InChI is InChI=1S/C21H20N2O2/c22-19-6-2-4-17(14-19)16-3-1-5-18(13-16)21(25)23-12-11-15-7-9-20(24)10-8-15/h1-10,13-14,24H,11-12,22H2,(H,23,25). The molecule has 0 bridgehead atoms. The van der Waals surface area contributed by atoms with E-state index in [0.717, 1.165) is 16.7 Å². The summed E-state index contributed by atoms with van der Waals surface area (Å²) in [6.45, 7) is 0.534. The molecule has 4 heteroatoms. The highest BCUT2D eigenvalue weighted by Gasteiger charge is 2.07. The first-order valence-corrected chi connectivity index (χ1v) is 8.14. The Morgan fingerprint density at radius 3 is 2.32 bits per heavy atom. The van der Waals surface area contributed by atoms with Gasteiger partial charge in [-0.2, -0.15) is 0 Å². The van der Waals surface area contributed by atoms with Gasteiger partial charge in [0.2, 0.25) is 0 Å². The van der Waals surface area contributed by atoms with Crippen LogP contribution in [0.3, 0.4) is 0 Å². The molecule has 0 atom stereocenters. The van der Waals surface area contributed by atoms with E-state index in [4.69, 9.17) is 5.73 Å². The molecule has 3 aromatic rings. The van der Waals surface area contributed by atoms with Crippen molar-refractivity contribution in [1.29, 1.82) is 0 Å². The van der Waals surface area contributed by atoms with Crippen molar-refractivity contribution < 1.29 is 9.90 Å².